The van der Waals surface area contributed by atoms with Gasteiger partial charge in [0, 0.05) is 25.2 Å². The van der Waals surface area contributed by atoms with Crippen LogP contribution < -0.4 is 10.2 Å². The van der Waals surface area contributed by atoms with Crippen LogP contribution >= 0.6 is 0 Å². The molecule has 0 bridgehead atoms. The third-order valence-corrected chi connectivity index (χ3v) is 4.11. The number of hydrogen-bond donors (Lipinski definition) is 1. The quantitative estimate of drug-likeness (QED) is 0.670. The zero-order chi connectivity index (χ0) is 13.8. The summed E-state index contributed by atoms with van der Waals surface area (Å²) in [6.45, 7) is 0. The Morgan fingerprint density at radius 2 is 1.89 bits per heavy atom. The second kappa shape index (κ2) is 6.02. The maximum absolute atomic E-state index is 11.1. The van der Waals surface area contributed by atoms with Crippen molar-refractivity contribution in [1.29, 1.82) is 0 Å². The van der Waals surface area contributed by atoms with Crippen molar-refractivity contribution in [3.63, 3.8) is 0 Å². The van der Waals surface area contributed by atoms with Crippen LogP contribution in [0.2, 0.25) is 0 Å². The lowest BCUT2D eigenvalue weighted by Gasteiger charge is -2.35. The summed E-state index contributed by atoms with van der Waals surface area (Å²) in [5.41, 5.74) is 0.918. The van der Waals surface area contributed by atoms with Crippen LogP contribution in [0.5, 0.6) is 0 Å². The van der Waals surface area contributed by atoms with Gasteiger partial charge in [-0.05, 0) is 38.8 Å². The molecule has 1 aromatic rings. The third kappa shape index (κ3) is 3.04. The number of nitro benzene ring substituents is 1. The van der Waals surface area contributed by atoms with Crippen LogP contribution in [0.15, 0.2) is 24.3 Å². The number of nitro groups is 1. The van der Waals surface area contributed by atoms with E-state index in [1.54, 1.807) is 12.1 Å². The summed E-state index contributed by atoms with van der Waals surface area (Å²) in [4.78, 5) is 12.8. The van der Waals surface area contributed by atoms with Gasteiger partial charge in [-0.15, -0.1) is 0 Å². The van der Waals surface area contributed by atoms with Gasteiger partial charge >= 0.3 is 0 Å². The maximum atomic E-state index is 11.1. The van der Waals surface area contributed by atoms with E-state index in [0.29, 0.717) is 12.1 Å². The topological polar surface area (TPSA) is 58.4 Å². The molecule has 1 N–H and O–H groups in total. The minimum absolute atomic E-state index is 0.195. The van der Waals surface area contributed by atoms with E-state index in [4.69, 9.17) is 0 Å². The summed E-state index contributed by atoms with van der Waals surface area (Å²) in [5.74, 6) is 0. The number of nitrogens with one attached hydrogen (secondary N) is 1. The van der Waals surface area contributed by atoms with Crippen LogP contribution in [0.4, 0.5) is 11.4 Å². The summed E-state index contributed by atoms with van der Waals surface area (Å²) in [7, 11) is 3.96. The van der Waals surface area contributed by atoms with Gasteiger partial charge in [-0.25, -0.2) is 0 Å². The Morgan fingerprint density at radius 3 is 2.47 bits per heavy atom. The van der Waals surface area contributed by atoms with Crippen molar-refractivity contribution in [2.75, 3.05) is 19.0 Å². The van der Waals surface area contributed by atoms with Crippen LogP contribution in [0.3, 0.4) is 0 Å². The molecule has 0 aromatic heterocycles. The molecule has 1 aromatic carbocycles. The summed E-state index contributed by atoms with van der Waals surface area (Å²) < 4.78 is 0. The predicted molar refractivity (Wildman–Crippen MR) is 76.6 cm³/mol. The molecule has 0 radical (unpaired) electrons. The van der Waals surface area contributed by atoms with Crippen molar-refractivity contribution >= 4 is 11.4 Å². The van der Waals surface area contributed by atoms with Crippen LogP contribution in [0, 0.1) is 10.1 Å². The molecule has 1 fully saturated rings. The Morgan fingerprint density at radius 1 is 1.26 bits per heavy atom. The standard InChI is InChI=1S/C14H21N3O2/c1-15-11-7-9-12(10-8-11)16(2)13-5-3-4-6-14(13)17(18)19/h3-6,11-12,15H,7-10H2,1-2H3. The molecule has 5 nitrogen and oxygen atoms in total. The summed E-state index contributed by atoms with van der Waals surface area (Å²) in [6, 6.07) is 7.97. The SMILES string of the molecule is CNC1CCC(N(C)c2ccccc2[N+](=O)[O-])CC1. The largest absolute Gasteiger partial charge is 0.366 e. The Balaban J connectivity index is 2.12. The smallest absolute Gasteiger partial charge is 0.292 e. The molecule has 0 heterocycles. The second-order valence-electron chi connectivity index (χ2n) is 5.15. The number of nitrogens with zero attached hydrogens (tertiary/aromatic N) is 2. The number of hydrogen-bond acceptors (Lipinski definition) is 4. The van der Waals surface area contributed by atoms with Crippen molar-refractivity contribution in [3.05, 3.63) is 34.4 Å². The van der Waals surface area contributed by atoms with Crippen molar-refractivity contribution in [1.82, 2.24) is 5.32 Å². The Labute approximate surface area is 113 Å². The van der Waals surface area contributed by atoms with Gasteiger partial charge < -0.3 is 10.2 Å². The fourth-order valence-electron chi connectivity index (χ4n) is 2.87. The van der Waals surface area contributed by atoms with Gasteiger partial charge in [-0.2, -0.15) is 0 Å². The van der Waals surface area contributed by atoms with Gasteiger partial charge in [-0.1, -0.05) is 12.1 Å². The second-order valence-corrected chi connectivity index (χ2v) is 5.15. The fraction of sp³-hybridized carbons (Fsp3) is 0.571. The van der Waals surface area contributed by atoms with E-state index in [2.05, 4.69) is 10.2 Å². The summed E-state index contributed by atoms with van der Waals surface area (Å²) in [5, 5.41) is 14.4. The van der Waals surface area contributed by atoms with Crippen molar-refractivity contribution in [2.45, 2.75) is 37.8 Å². The minimum Gasteiger partial charge on any atom is -0.366 e. The van der Waals surface area contributed by atoms with Crippen LogP contribution in [0.25, 0.3) is 0 Å². The molecular formula is C14H21N3O2. The Kier molecular flexibility index (Phi) is 4.37. The average molecular weight is 263 g/mol. The van der Waals surface area contributed by atoms with Gasteiger partial charge in [-0.3, -0.25) is 10.1 Å². The lowest BCUT2D eigenvalue weighted by atomic mass is 9.90. The number of benzene rings is 1. The van der Waals surface area contributed by atoms with Crippen LogP contribution in [-0.4, -0.2) is 31.1 Å². The lowest BCUT2D eigenvalue weighted by molar-refractivity contribution is -0.384. The summed E-state index contributed by atoms with van der Waals surface area (Å²) >= 11 is 0. The number of anilines is 1. The molecule has 5 heteroatoms. The first kappa shape index (κ1) is 13.8. The van der Waals surface area contributed by atoms with E-state index in [-0.39, 0.29) is 10.6 Å². The van der Waals surface area contributed by atoms with Gasteiger partial charge in [0.2, 0.25) is 0 Å². The maximum Gasteiger partial charge on any atom is 0.292 e. The third-order valence-electron chi connectivity index (χ3n) is 4.11. The first-order valence-corrected chi connectivity index (χ1v) is 6.77. The van der Waals surface area contributed by atoms with Gasteiger partial charge in [0.1, 0.15) is 5.69 Å². The van der Waals surface area contributed by atoms with Gasteiger partial charge in [0.25, 0.3) is 5.69 Å². The first-order valence-electron chi connectivity index (χ1n) is 6.77. The molecule has 1 saturated carbocycles. The lowest BCUT2D eigenvalue weighted by Crippen LogP contribution is -2.40. The highest BCUT2D eigenvalue weighted by Crippen LogP contribution is 2.32. The fourth-order valence-corrected chi connectivity index (χ4v) is 2.87. The minimum atomic E-state index is -0.301. The molecule has 1 aliphatic carbocycles. The zero-order valence-electron chi connectivity index (χ0n) is 11.5. The molecule has 0 spiro atoms. The highest BCUT2D eigenvalue weighted by atomic mass is 16.6. The van der Waals surface area contributed by atoms with E-state index in [9.17, 15) is 10.1 Å². The molecule has 19 heavy (non-hydrogen) atoms. The predicted octanol–water partition coefficient (Wildman–Crippen LogP) is 2.56. The number of rotatable bonds is 4. The first-order chi connectivity index (χ1) is 9.13. The zero-order valence-corrected chi connectivity index (χ0v) is 11.5. The normalized spacial score (nSPS) is 23.1. The van der Waals surface area contributed by atoms with E-state index in [1.807, 2.05) is 26.2 Å². The highest BCUT2D eigenvalue weighted by Gasteiger charge is 2.26. The molecule has 0 saturated heterocycles. The molecule has 0 atom stereocenters. The Hall–Kier alpha value is -1.62. The molecule has 0 unspecified atom stereocenters. The molecule has 1 aliphatic rings. The van der Waals surface area contributed by atoms with Crippen molar-refractivity contribution in [2.24, 2.45) is 0 Å². The monoisotopic (exact) mass is 263 g/mol. The molecule has 2 rings (SSSR count). The van der Waals surface area contributed by atoms with Gasteiger partial charge in [0.05, 0.1) is 4.92 Å². The van der Waals surface area contributed by atoms with E-state index in [1.165, 1.54) is 0 Å². The van der Waals surface area contributed by atoms with Crippen LogP contribution in [-0.2, 0) is 0 Å². The van der Waals surface area contributed by atoms with Crippen molar-refractivity contribution < 1.29 is 4.92 Å². The van der Waals surface area contributed by atoms with Gasteiger partial charge in [0.15, 0.2) is 0 Å². The Bertz CT molecular complexity index is 442. The molecule has 104 valence electrons. The van der Waals surface area contributed by atoms with E-state index in [0.717, 1.165) is 31.4 Å². The number of para-hydroxylation sites is 2. The van der Waals surface area contributed by atoms with E-state index < -0.39 is 0 Å². The highest BCUT2D eigenvalue weighted by molar-refractivity contribution is 5.63. The van der Waals surface area contributed by atoms with Crippen molar-refractivity contribution in [3.8, 4) is 0 Å². The molecule has 0 aliphatic heterocycles. The summed E-state index contributed by atoms with van der Waals surface area (Å²) in [6.07, 6.45) is 4.42. The molecule has 0 amide bonds. The molecular weight excluding hydrogens is 242 g/mol. The van der Waals surface area contributed by atoms with E-state index >= 15 is 0 Å². The average Bonchev–Trinajstić information content (AvgIpc) is 2.46. The van der Waals surface area contributed by atoms with Crippen LogP contribution in [0.1, 0.15) is 25.7 Å².